The third kappa shape index (κ3) is 4.16. The van der Waals surface area contributed by atoms with Crippen LogP contribution in [0.5, 0.6) is 0 Å². The summed E-state index contributed by atoms with van der Waals surface area (Å²) in [7, 11) is 0. The van der Waals surface area contributed by atoms with Gasteiger partial charge in [-0.1, -0.05) is 42.1 Å². The molecule has 4 aromatic rings. The molecular formula is C24H23N3O3S. The van der Waals surface area contributed by atoms with Crippen molar-refractivity contribution in [1.29, 1.82) is 0 Å². The molecule has 1 aliphatic heterocycles. The van der Waals surface area contributed by atoms with E-state index in [1.54, 1.807) is 4.57 Å². The lowest BCUT2D eigenvalue weighted by atomic mass is 10.2. The molecular weight excluding hydrogens is 410 g/mol. The monoisotopic (exact) mass is 433 g/mol. The minimum atomic E-state index is -0.0227. The minimum absolute atomic E-state index is 0.0227. The van der Waals surface area contributed by atoms with Crippen molar-refractivity contribution >= 4 is 22.7 Å². The zero-order valence-electron chi connectivity index (χ0n) is 17.3. The number of thioether (sulfide) groups is 1. The molecule has 1 saturated heterocycles. The van der Waals surface area contributed by atoms with Gasteiger partial charge < -0.3 is 9.15 Å². The molecule has 2 aromatic carbocycles. The number of aromatic nitrogens is 3. The highest BCUT2D eigenvalue weighted by atomic mass is 32.2. The fraction of sp³-hybridized carbons (Fsp3) is 0.292. The summed E-state index contributed by atoms with van der Waals surface area (Å²) in [4.78, 5) is 22.7. The minimum Gasteiger partial charge on any atom is -0.441 e. The first-order valence-corrected chi connectivity index (χ1v) is 11.4. The molecule has 6 nitrogen and oxygen atoms in total. The molecule has 7 heteroatoms. The Morgan fingerprint density at radius 2 is 1.90 bits per heavy atom. The summed E-state index contributed by atoms with van der Waals surface area (Å²) in [6.07, 6.45) is 2.05. The van der Waals surface area contributed by atoms with E-state index < -0.39 is 0 Å². The van der Waals surface area contributed by atoms with E-state index in [0.29, 0.717) is 34.2 Å². The Balaban J connectivity index is 1.46. The van der Waals surface area contributed by atoms with Crippen LogP contribution in [0.15, 0.2) is 69.0 Å². The maximum atomic E-state index is 13.2. The standard InChI is InChI=1S/C24H23N3O3S/c1-16-21(25-22(30-16)17-8-3-2-4-9-17)15-31-24-26-20-12-6-5-11-19(20)23(28)27(24)14-18-10-7-13-29-18/h2-6,8-9,11-12,18H,7,10,13-15H2,1H3. The van der Waals surface area contributed by atoms with E-state index in [1.165, 1.54) is 11.8 Å². The van der Waals surface area contributed by atoms with Crippen molar-refractivity contribution in [1.82, 2.24) is 14.5 Å². The maximum absolute atomic E-state index is 13.2. The number of rotatable bonds is 6. The van der Waals surface area contributed by atoms with Gasteiger partial charge in [-0.2, -0.15) is 0 Å². The molecule has 1 fully saturated rings. The molecule has 1 unspecified atom stereocenters. The van der Waals surface area contributed by atoms with Gasteiger partial charge in [-0.25, -0.2) is 9.97 Å². The van der Waals surface area contributed by atoms with Crippen molar-refractivity contribution in [2.24, 2.45) is 0 Å². The molecule has 3 heterocycles. The predicted molar refractivity (Wildman–Crippen MR) is 121 cm³/mol. The van der Waals surface area contributed by atoms with Gasteiger partial charge >= 0.3 is 0 Å². The average Bonchev–Trinajstić information content (AvgIpc) is 3.45. The first-order chi connectivity index (χ1) is 15.2. The van der Waals surface area contributed by atoms with Gasteiger partial charge in [0.1, 0.15) is 5.76 Å². The molecule has 158 valence electrons. The SMILES string of the molecule is Cc1oc(-c2ccccc2)nc1CSc1nc2ccccc2c(=O)n1CC1CCCO1. The maximum Gasteiger partial charge on any atom is 0.262 e. The van der Waals surface area contributed by atoms with E-state index in [2.05, 4.69) is 4.98 Å². The molecule has 0 spiro atoms. The fourth-order valence-electron chi connectivity index (χ4n) is 3.81. The molecule has 0 N–H and O–H groups in total. The Morgan fingerprint density at radius 3 is 2.71 bits per heavy atom. The molecule has 0 radical (unpaired) electrons. The summed E-state index contributed by atoms with van der Waals surface area (Å²) < 4.78 is 13.4. The Morgan fingerprint density at radius 1 is 1.10 bits per heavy atom. The van der Waals surface area contributed by atoms with Crippen molar-refractivity contribution in [3.8, 4) is 11.5 Å². The van der Waals surface area contributed by atoms with Gasteiger partial charge in [0.15, 0.2) is 5.16 Å². The van der Waals surface area contributed by atoms with E-state index in [1.807, 2.05) is 61.5 Å². The van der Waals surface area contributed by atoms with Gasteiger partial charge in [0.05, 0.1) is 29.2 Å². The molecule has 0 amide bonds. The van der Waals surface area contributed by atoms with Crippen molar-refractivity contribution < 1.29 is 9.15 Å². The second kappa shape index (κ2) is 8.69. The molecule has 0 saturated carbocycles. The largest absolute Gasteiger partial charge is 0.441 e. The molecule has 1 aliphatic rings. The van der Waals surface area contributed by atoms with Crippen LogP contribution in [0.4, 0.5) is 0 Å². The molecule has 31 heavy (non-hydrogen) atoms. The zero-order valence-corrected chi connectivity index (χ0v) is 18.1. The van der Waals surface area contributed by atoms with Crippen LogP contribution in [0.1, 0.15) is 24.3 Å². The van der Waals surface area contributed by atoms with Crippen LogP contribution in [0, 0.1) is 6.92 Å². The van der Waals surface area contributed by atoms with Gasteiger partial charge in [-0.3, -0.25) is 9.36 Å². The smallest absolute Gasteiger partial charge is 0.262 e. The van der Waals surface area contributed by atoms with Crippen molar-refractivity contribution in [3.63, 3.8) is 0 Å². The Kier molecular flexibility index (Phi) is 5.61. The summed E-state index contributed by atoms with van der Waals surface area (Å²) in [5, 5.41) is 1.32. The number of hydrogen-bond acceptors (Lipinski definition) is 6. The van der Waals surface area contributed by atoms with Crippen LogP contribution in [0.25, 0.3) is 22.4 Å². The van der Waals surface area contributed by atoms with Crippen LogP contribution in [-0.2, 0) is 17.0 Å². The van der Waals surface area contributed by atoms with Crippen molar-refractivity contribution in [3.05, 3.63) is 76.4 Å². The number of benzene rings is 2. The quantitative estimate of drug-likeness (QED) is 0.320. The first kappa shape index (κ1) is 20.0. The van der Waals surface area contributed by atoms with Crippen LogP contribution < -0.4 is 5.56 Å². The Bertz CT molecular complexity index is 1260. The van der Waals surface area contributed by atoms with E-state index in [9.17, 15) is 4.79 Å². The molecule has 2 aromatic heterocycles. The van der Waals surface area contributed by atoms with E-state index >= 15 is 0 Å². The first-order valence-electron chi connectivity index (χ1n) is 10.4. The number of fused-ring (bicyclic) bond motifs is 1. The number of aryl methyl sites for hydroxylation is 1. The fourth-order valence-corrected chi connectivity index (χ4v) is 4.82. The van der Waals surface area contributed by atoms with Gasteiger partial charge in [-0.05, 0) is 44.0 Å². The molecule has 1 atom stereocenters. The predicted octanol–water partition coefficient (Wildman–Crippen LogP) is 4.83. The van der Waals surface area contributed by atoms with E-state index in [-0.39, 0.29) is 11.7 Å². The number of oxazole rings is 1. The summed E-state index contributed by atoms with van der Waals surface area (Å²) in [5.74, 6) is 1.95. The lowest BCUT2D eigenvalue weighted by Crippen LogP contribution is -2.28. The van der Waals surface area contributed by atoms with Crippen LogP contribution in [0.2, 0.25) is 0 Å². The zero-order chi connectivity index (χ0) is 21.2. The van der Waals surface area contributed by atoms with Crippen LogP contribution in [-0.4, -0.2) is 27.2 Å². The third-order valence-electron chi connectivity index (χ3n) is 5.49. The molecule has 0 bridgehead atoms. The topological polar surface area (TPSA) is 70.2 Å². The Hall–Kier alpha value is -2.90. The summed E-state index contributed by atoms with van der Waals surface area (Å²) in [5.41, 5.74) is 2.49. The van der Waals surface area contributed by atoms with E-state index in [4.69, 9.17) is 14.1 Å². The second-order valence-corrected chi connectivity index (χ2v) is 8.58. The lowest BCUT2D eigenvalue weighted by molar-refractivity contribution is 0.0937. The summed E-state index contributed by atoms with van der Waals surface area (Å²) >= 11 is 1.51. The number of hydrogen-bond donors (Lipinski definition) is 0. The number of nitrogens with zero attached hydrogens (tertiary/aromatic N) is 3. The van der Waals surface area contributed by atoms with Gasteiger partial charge in [0.25, 0.3) is 5.56 Å². The molecule has 5 rings (SSSR count). The van der Waals surface area contributed by atoms with Crippen LogP contribution in [0.3, 0.4) is 0 Å². The van der Waals surface area contributed by atoms with Gasteiger partial charge in [0.2, 0.25) is 5.89 Å². The van der Waals surface area contributed by atoms with Gasteiger partial charge in [-0.15, -0.1) is 0 Å². The number of ether oxygens (including phenoxy) is 1. The highest BCUT2D eigenvalue weighted by Gasteiger charge is 2.21. The average molecular weight is 434 g/mol. The van der Waals surface area contributed by atoms with Gasteiger partial charge in [0, 0.05) is 17.9 Å². The highest BCUT2D eigenvalue weighted by Crippen LogP contribution is 2.28. The Labute approximate surface area is 184 Å². The number of para-hydroxylation sites is 1. The van der Waals surface area contributed by atoms with Crippen LogP contribution >= 0.6 is 11.8 Å². The van der Waals surface area contributed by atoms with Crippen molar-refractivity contribution in [2.45, 2.75) is 43.3 Å². The highest BCUT2D eigenvalue weighted by molar-refractivity contribution is 7.98. The summed E-state index contributed by atoms with van der Waals surface area (Å²) in [6, 6.07) is 17.3. The van der Waals surface area contributed by atoms with E-state index in [0.717, 1.165) is 36.5 Å². The normalized spacial score (nSPS) is 16.2. The summed E-state index contributed by atoms with van der Waals surface area (Å²) in [6.45, 7) is 3.19. The lowest BCUT2D eigenvalue weighted by Gasteiger charge is -2.16. The second-order valence-electron chi connectivity index (χ2n) is 7.64. The molecule has 0 aliphatic carbocycles. The third-order valence-corrected chi connectivity index (χ3v) is 6.48. The van der Waals surface area contributed by atoms with Crippen molar-refractivity contribution in [2.75, 3.05) is 6.61 Å².